The predicted molar refractivity (Wildman–Crippen MR) is 97.9 cm³/mol. The van der Waals surface area contributed by atoms with Crippen molar-refractivity contribution in [3.8, 4) is 0 Å². The molecule has 1 aliphatic rings. The van der Waals surface area contributed by atoms with E-state index in [9.17, 15) is 0 Å². The van der Waals surface area contributed by atoms with Gasteiger partial charge in [0.05, 0.1) is 23.6 Å². The summed E-state index contributed by atoms with van der Waals surface area (Å²) in [7, 11) is 0. The summed E-state index contributed by atoms with van der Waals surface area (Å²) in [6.45, 7) is 0.983. The molecule has 1 fully saturated rings. The minimum atomic E-state index is 0.441. The van der Waals surface area contributed by atoms with Gasteiger partial charge in [0, 0.05) is 30.0 Å². The molecule has 126 valence electrons. The number of rotatable bonds is 4. The van der Waals surface area contributed by atoms with Crippen molar-refractivity contribution in [1.82, 2.24) is 24.1 Å². The zero-order chi connectivity index (χ0) is 16.8. The maximum absolute atomic E-state index is 6.13. The van der Waals surface area contributed by atoms with Crippen LogP contribution in [0.25, 0.3) is 16.6 Å². The minimum Gasteiger partial charge on any atom is -0.366 e. The van der Waals surface area contributed by atoms with E-state index in [4.69, 9.17) is 16.6 Å². The van der Waals surface area contributed by atoms with Gasteiger partial charge in [-0.15, -0.1) is 0 Å². The molecule has 0 saturated heterocycles. The molecule has 1 N–H and O–H groups in total. The lowest BCUT2D eigenvalue weighted by Gasteiger charge is -2.36. The first-order chi connectivity index (χ1) is 12.3. The number of halogens is 1. The Labute approximate surface area is 149 Å². The van der Waals surface area contributed by atoms with E-state index in [1.54, 1.807) is 0 Å². The summed E-state index contributed by atoms with van der Waals surface area (Å²) in [5, 5.41) is 8.57. The van der Waals surface area contributed by atoms with Crippen LogP contribution >= 0.6 is 11.6 Å². The van der Waals surface area contributed by atoms with Crippen molar-refractivity contribution >= 4 is 34.0 Å². The van der Waals surface area contributed by atoms with Crippen LogP contribution in [0.2, 0.25) is 5.02 Å². The SMILES string of the molecule is Clc1ccc2nc(NC3CC(Cn4cccn4)C3)c3cncn3c2c1. The number of hydrogen-bond donors (Lipinski definition) is 1. The average molecular weight is 353 g/mol. The molecule has 0 unspecified atom stereocenters. The minimum absolute atomic E-state index is 0.441. The highest BCUT2D eigenvalue weighted by atomic mass is 35.5. The summed E-state index contributed by atoms with van der Waals surface area (Å²) < 4.78 is 4.05. The molecule has 0 aliphatic heterocycles. The van der Waals surface area contributed by atoms with Crippen LogP contribution in [-0.4, -0.2) is 30.2 Å². The Balaban J connectivity index is 1.38. The van der Waals surface area contributed by atoms with Gasteiger partial charge in [-0.3, -0.25) is 9.08 Å². The van der Waals surface area contributed by atoms with Crippen molar-refractivity contribution in [1.29, 1.82) is 0 Å². The number of benzene rings is 1. The van der Waals surface area contributed by atoms with E-state index < -0.39 is 0 Å². The van der Waals surface area contributed by atoms with Gasteiger partial charge < -0.3 is 5.32 Å². The third-order valence-electron chi connectivity index (χ3n) is 4.89. The van der Waals surface area contributed by atoms with E-state index in [1.165, 1.54) is 0 Å². The second-order valence-electron chi connectivity index (χ2n) is 6.65. The molecule has 7 heteroatoms. The molecule has 1 saturated carbocycles. The summed E-state index contributed by atoms with van der Waals surface area (Å²) in [4.78, 5) is 9.08. The van der Waals surface area contributed by atoms with E-state index in [-0.39, 0.29) is 0 Å². The summed E-state index contributed by atoms with van der Waals surface area (Å²) in [6, 6.07) is 8.15. The lowest BCUT2D eigenvalue weighted by molar-refractivity contribution is 0.241. The molecule has 6 nitrogen and oxygen atoms in total. The fourth-order valence-corrected chi connectivity index (χ4v) is 3.77. The number of aromatic nitrogens is 5. The van der Waals surface area contributed by atoms with Gasteiger partial charge in [0.2, 0.25) is 0 Å². The second kappa shape index (κ2) is 5.74. The number of fused-ring (bicyclic) bond motifs is 3. The summed E-state index contributed by atoms with van der Waals surface area (Å²) in [6.07, 6.45) is 9.75. The van der Waals surface area contributed by atoms with Crippen LogP contribution < -0.4 is 5.32 Å². The zero-order valence-electron chi connectivity index (χ0n) is 13.5. The Morgan fingerprint density at radius 3 is 3.00 bits per heavy atom. The predicted octanol–water partition coefficient (Wildman–Crippen LogP) is 3.62. The third kappa shape index (κ3) is 2.62. The second-order valence-corrected chi connectivity index (χ2v) is 7.09. The Hall–Kier alpha value is -2.60. The Morgan fingerprint density at radius 2 is 2.16 bits per heavy atom. The van der Waals surface area contributed by atoms with Gasteiger partial charge in [-0.25, -0.2) is 9.97 Å². The first-order valence-corrected chi connectivity index (χ1v) is 8.79. The third-order valence-corrected chi connectivity index (χ3v) is 5.13. The van der Waals surface area contributed by atoms with E-state index in [2.05, 4.69) is 15.4 Å². The molecule has 4 aromatic rings. The fraction of sp³-hybridized carbons (Fsp3) is 0.278. The van der Waals surface area contributed by atoms with Crippen LogP contribution in [0.4, 0.5) is 5.82 Å². The zero-order valence-corrected chi connectivity index (χ0v) is 14.3. The number of nitrogens with zero attached hydrogens (tertiary/aromatic N) is 5. The molecule has 0 radical (unpaired) electrons. The molecule has 5 rings (SSSR count). The monoisotopic (exact) mass is 352 g/mol. The van der Waals surface area contributed by atoms with E-state index in [0.29, 0.717) is 17.0 Å². The maximum atomic E-state index is 6.13. The Bertz CT molecular complexity index is 1030. The highest BCUT2D eigenvalue weighted by Gasteiger charge is 2.30. The van der Waals surface area contributed by atoms with Crippen LogP contribution in [0, 0.1) is 5.92 Å². The van der Waals surface area contributed by atoms with Crippen LogP contribution in [0.1, 0.15) is 12.8 Å². The fourth-order valence-electron chi connectivity index (χ4n) is 3.60. The normalized spacial score (nSPS) is 20.0. The van der Waals surface area contributed by atoms with Crippen molar-refractivity contribution in [2.45, 2.75) is 25.4 Å². The number of hydrogen-bond acceptors (Lipinski definition) is 4. The van der Waals surface area contributed by atoms with Crippen molar-refractivity contribution in [3.05, 3.63) is 54.2 Å². The molecule has 1 aromatic carbocycles. The molecule has 25 heavy (non-hydrogen) atoms. The molecule has 1 aliphatic carbocycles. The van der Waals surface area contributed by atoms with Gasteiger partial charge in [0.1, 0.15) is 5.52 Å². The quantitative estimate of drug-likeness (QED) is 0.609. The summed E-state index contributed by atoms with van der Waals surface area (Å²) in [5.41, 5.74) is 2.85. The topological polar surface area (TPSA) is 60.0 Å². The van der Waals surface area contributed by atoms with Crippen LogP contribution in [0.5, 0.6) is 0 Å². The Kier molecular flexibility index (Phi) is 3.38. The molecule has 0 amide bonds. The van der Waals surface area contributed by atoms with Gasteiger partial charge in [0.25, 0.3) is 0 Å². The number of nitrogens with one attached hydrogen (secondary N) is 1. The van der Waals surface area contributed by atoms with E-state index in [1.807, 2.05) is 58.3 Å². The van der Waals surface area contributed by atoms with Gasteiger partial charge >= 0.3 is 0 Å². The Morgan fingerprint density at radius 1 is 1.24 bits per heavy atom. The van der Waals surface area contributed by atoms with Crippen LogP contribution in [-0.2, 0) is 6.54 Å². The van der Waals surface area contributed by atoms with Gasteiger partial charge in [-0.2, -0.15) is 5.10 Å². The van der Waals surface area contributed by atoms with Crippen LogP contribution in [0.3, 0.4) is 0 Å². The standard InChI is InChI=1S/C18H17ClN6/c19-13-2-3-15-16(8-13)25-11-20-9-17(25)18(23-15)22-14-6-12(7-14)10-24-5-1-4-21-24/h1-5,8-9,11-12,14H,6-7,10H2,(H,22,23). The molecule has 0 atom stereocenters. The average Bonchev–Trinajstić information content (AvgIpc) is 3.24. The lowest BCUT2D eigenvalue weighted by atomic mass is 9.80. The molecule has 3 heterocycles. The highest BCUT2D eigenvalue weighted by molar-refractivity contribution is 6.31. The molecular weight excluding hydrogens is 336 g/mol. The summed E-state index contributed by atoms with van der Waals surface area (Å²) >= 11 is 6.13. The van der Waals surface area contributed by atoms with Gasteiger partial charge in [-0.05, 0) is 43.0 Å². The summed E-state index contributed by atoms with van der Waals surface area (Å²) in [5.74, 6) is 1.55. The first kappa shape index (κ1) is 14.7. The van der Waals surface area contributed by atoms with Crippen molar-refractivity contribution in [3.63, 3.8) is 0 Å². The van der Waals surface area contributed by atoms with E-state index in [0.717, 1.165) is 41.8 Å². The molecule has 0 spiro atoms. The molecule has 3 aromatic heterocycles. The van der Waals surface area contributed by atoms with Crippen molar-refractivity contribution in [2.75, 3.05) is 5.32 Å². The number of imidazole rings is 1. The molecule has 0 bridgehead atoms. The van der Waals surface area contributed by atoms with Crippen molar-refractivity contribution < 1.29 is 0 Å². The van der Waals surface area contributed by atoms with Crippen LogP contribution in [0.15, 0.2) is 49.2 Å². The highest BCUT2D eigenvalue weighted by Crippen LogP contribution is 2.33. The van der Waals surface area contributed by atoms with E-state index >= 15 is 0 Å². The molecular formula is C18H17ClN6. The number of anilines is 1. The maximum Gasteiger partial charge on any atom is 0.152 e. The smallest absolute Gasteiger partial charge is 0.152 e. The first-order valence-electron chi connectivity index (χ1n) is 8.41. The lowest BCUT2D eigenvalue weighted by Crippen LogP contribution is -2.38. The van der Waals surface area contributed by atoms with Gasteiger partial charge in [-0.1, -0.05) is 11.6 Å². The van der Waals surface area contributed by atoms with Crippen molar-refractivity contribution in [2.24, 2.45) is 5.92 Å². The largest absolute Gasteiger partial charge is 0.366 e. The van der Waals surface area contributed by atoms with Gasteiger partial charge in [0.15, 0.2) is 5.82 Å².